The van der Waals surface area contributed by atoms with Gasteiger partial charge in [-0.25, -0.2) is 9.97 Å². The van der Waals surface area contributed by atoms with E-state index >= 15 is 0 Å². The lowest BCUT2D eigenvalue weighted by atomic mass is 10.2. The van der Waals surface area contributed by atoms with Crippen molar-refractivity contribution in [2.45, 2.75) is 20.8 Å². The van der Waals surface area contributed by atoms with Gasteiger partial charge in [-0.05, 0) is 26.8 Å². The Morgan fingerprint density at radius 2 is 1.71 bits per heavy atom. The molecule has 0 radical (unpaired) electrons. The van der Waals surface area contributed by atoms with Gasteiger partial charge in [-0.3, -0.25) is 0 Å². The van der Waals surface area contributed by atoms with Crippen LogP contribution in [0.25, 0.3) is 5.65 Å². The van der Waals surface area contributed by atoms with E-state index in [0.29, 0.717) is 0 Å². The molecule has 24 heavy (non-hydrogen) atoms. The summed E-state index contributed by atoms with van der Waals surface area (Å²) in [5, 5.41) is 12.6. The molecule has 0 unspecified atom stereocenters. The van der Waals surface area contributed by atoms with Gasteiger partial charge in [-0.2, -0.15) is 9.61 Å². The first-order chi connectivity index (χ1) is 11.6. The highest BCUT2D eigenvalue weighted by Crippen LogP contribution is 2.24. The molecule has 3 aromatic rings. The van der Waals surface area contributed by atoms with Gasteiger partial charge < -0.3 is 9.80 Å². The third-order valence-corrected chi connectivity index (χ3v) is 4.60. The molecule has 0 atom stereocenters. The van der Waals surface area contributed by atoms with Gasteiger partial charge in [0.2, 0.25) is 5.65 Å². The third kappa shape index (κ3) is 2.44. The molecule has 4 rings (SSSR count). The van der Waals surface area contributed by atoms with Crippen LogP contribution in [0.2, 0.25) is 0 Å². The van der Waals surface area contributed by atoms with E-state index in [0.717, 1.165) is 60.3 Å². The van der Waals surface area contributed by atoms with Crippen LogP contribution in [0.1, 0.15) is 17.0 Å². The summed E-state index contributed by atoms with van der Waals surface area (Å²) in [5.41, 5.74) is 5.06. The lowest BCUT2D eigenvalue weighted by molar-refractivity contribution is 0.643. The summed E-state index contributed by atoms with van der Waals surface area (Å²) in [7, 11) is 0. The van der Waals surface area contributed by atoms with E-state index in [1.54, 1.807) is 17.2 Å². The molecule has 8 heteroatoms. The van der Waals surface area contributed by atoms with E-state index < -0.39 is 0 Å². The highest BCUT2D eigenvalue weighted by Gasteiger charge is 2.22. The van der Waals surface area contributed by atoms with Gasteiger partial charge in [0, 0.05) is 37.4 Å². The van der Waals surface area contributed by atoms with Gasteiger partial charge in [-0.1, -0.05) is 0 Å². The van der Waals surface area contributed by atoms with Crippen LogP contribution in [-0.4, -0.2) is 56.0 Å². The smallest absolute Gasteiger partial charge is 0.200 e. The molecule has 1 aliphatic rings. The number of nitrogens with zero attached hydrogens (tertiary/aromatic N) is 8. The maximum Gasteiger partial charge on any atom is 0.200 e. The number of rotatable bonds is 2. The molecule has 0 aliphatic carbocycles. The normalized spacial score (nSPS) is 15.3. The fraction of sp³-hybridized carbons (Fsp3) is 0.438. The lowest BCUT2D eigenvalue weighted by Crippen LogP contribution is -2.47. The first-order valence-electron chi connectivity index (χ1n) is 8.09. The Balaban J connectivity index is 1.58. The van der Waals surface area contributed by atoms with Crippen molar-refractivity contribution in [3.8, 4) is 0 Å². The lowest BCUT2D eigenvalue weighted by Gasteiger charge is -2.37. The fourth-order valence-corrected chi connectivity index (χ4v) is 3.17. The first-order valence-corrected chi connectivity index (χ1v) is 8.09. The highest BCUT2D eigenvalue weighted by atomic mass is 15.4. The molecule has 0 aromatic carbocycles. The van der Waals surface area contributed by atoms with Crippen LogP contribution >= 0.6 is 0 Å². The SMILES string of the molecule is Cc1cc(N2CCN(c3ncnc(C)c3C)CC2)c2nncn2n1. The minimum Gasteiger partial charge on any atom is -0.365 e. The number of hydrogen-bond donors (Lipinski definition) is 0. The molecule has 0 amide bonds. The van der Waals surface area contributed by atoms with Crippen molar-refractivity contribution in [3.05, 3.63) is 35.7 Å². The highest BCUT2D eigenvalue weighted by molar-refractivity contribution is 5.69. The summed E-state index contributed by atoms with van der Waals surface area (Å²) in [5.74, 6) is 1.04. The summed E-state index contributed by atoms with van der Waals surface area (Å²) in [6.45, 7) is 9.76. The summed E-state index contributed by atoms with van der Waals surface area (Å²) < 4.78 is 1.75. The zero-order valence-corrected chi connectivity index (χ0v) is 14.1. The summed E-state index contributed by atoms with van der Waals surface area (Å²) in [6.07, 6.45) is 3.30. The Bertz CT molecular complexity index is 879. The Morgan fingerprint density at radius 1 is 0.958 bits per heavy atom. The van der Waals surface area contributed by atoms with Gasteiger partial charge in [0.15, 0.2) is 0 Å². The van der Waals surface area contributed by atoms with Crippen LogP contribution in [0.4, 0.5) is 11.5 Å². The first kappa shape index (κ1) is 14.8. The summed E-state index contributed by atoms with van der Waals surface area (Å²) >= 11 is 0. The Hall–Kier alpha value is -2.77. The second-order valence-electron chi connectivity index (χ2n) is 6.15. The van der Waals surface area contributed by atoms with Gasteiger partial charge in [0.1, 0.15) is 18.5 Å². The maximum absolute atomic E-state index is 4.48. The number of piperazine rings is 1. The standard InChI is InChI=1S/C16H20N8/c1-11-8-14(16-20-19-10-24(16)21-11)22-4-6-23(7-5-22)15-12(2)13(3)17-9-18-15/h8-10H,4-7H2,1-3H3. The second-order valence-corrected chi connectivity index (χ2v) is 6.15. The minimum absolute atomic E-state index is 0.808. The number of hydrogen-bond acceptors (Lipinski definition) is 7. The number of fused-ring (bicyclic) bond motifs is 1. The van der Waals surface area contributed by atoms with Gasteiger partial charge >= 0.3 is 0 Å². The van der Waals surface area contributed by atoms with Crippen molar-refractivity contribution in [3.63, 3.8) is 0 Å². The molecule has 0 saturated carbocycles. The molecule has 3 aromatic heterocycles. The molecule has 0 bridgehead atoms. The maximum atomic E-state index is 4.48. The molecule has 0 spiro atoms. The van der Waals surface area contributed by atoms with Gasteiger partial charge in [0.05, 0.1) is 11.4 Å². The van der Waals surface area contributed by atoms with E-state index in [4.69, 9.17) is 0 Å². The van der Waals surface area contributed by atoms with E-state index in [2.05, 4.69) is 48.1 Å². The van der Waals surface area contributed by atoms with Crippen LogP contribution < -0.4 is 9.80 Å². The second kappa shape index (κ2) is 5.70. The monoisotopic (exact) mass is 324 g/mol. The number of aromatic nitrogens is 6. The predicted octanol–water partition coefficient (Wildman–Crippen LogP) is 1.17. The largest absolute Gasteiger partial charge is 0.365 e. The van der Waals surface area contributed by atoms with E-state index in [9.17, 15) is 0 Å². The average molecular weight is 324 g/mol. The van der Waals surface area contributed by atoms with Crippen molar-refractivity contribution in [1.29, 1.82) is 0 Å². The van der Waals surface area contributed by atoms with Crippen molar-refractivity contribution < 1.29 is 0 Å². The zero-order chi connectivity index (χ0) is 16.7. The van der Waals surface area contributed by atoms with Crippen LogP contribution in [0, 0.1) is 20.8 Å². The zero-order valence-electron chi connectivity index (χ0n) is 14.1. The fourth-order valence-electron chi connectivity index (χ4n) is 3.17. The van der Waals surface area contributed by atoms with Crippen LogP contribution in [0.5, 0.6) is 0 Å². The van der Waals surface area contributed by atoms with Crippen molar-refractivity contribution >= 4 is 17.2 Å². The van der Waals surface area contributed by atoms with Crippen LogP contribution in [-0.2, 0) is 0 Å². The number of anilines is 2. The molecule has 1 fully saturated rings. The number of aryl methyl sites for hydroxylation is 2. The van der Waals surface area contributed by atoms with Crippen molar-refractivity contribution in [2.24, 2.45) is 0 Å². The quantitative estimate of drug-likeness (QED) is 0.700. The molecule has 4 heterocycles. The van der Waals surface area contributed by atoms with Gasteiger partial charge in [-0.15, -0.1) is 10.2 Å². The molecule has 124 valence electrons. The molecule has 1 aliphatic heterocycles. The Kier molecular flexibility index (Phi) is 3.51. The third-order valence-electron chi connectivity index (χ3n) is 4.60. The molecule has 0 N–H and O–H groups in total. The Labute approximate surface area is 140 Å². The summed E-state index contributed by atoms with van der Waals surface area (Å²) in [4.78, 5) is 13.4. The van der Waals surface area contributed by atoms with E-state index in [1.807, 2.05) is 13.8 Å². The van der Waals surface area contributed by atoms with Crippen molar-refractivity contribution in [1.82, 2.24) is 29.8 Å². The van der Waals surface area contributed by atoms with Gasteiger partial charge in [0.25, 0.3) is 0 Å². The molecule has 1 saturated heterocycles. The molecular formula is C16H20N8. The minimum atomic E-state index is 0.808. The van der Waals surface area contributed by atoms with E-state index in [-0.39, 0.29) is 0 Å². The summed E-state index contributed by atoms with van der Waals surface area (Å²) in [6, 6.07) is 2.08. The van der Waals surface area contributed by atoms with Crippen LogP contribution in [0.15, 0.2) is 18.7 Å². The molecule has 8 nitrogen and oxygen atoms in total. The van der Waals surface area contributed by atoms with Crippen LogP contribution in [0.3, 0.4) is 0 Å². The average Bonchev–Trinajstić information content (AvgIpc) is 3.05. The Morgan fingerprint density at radius 3 is 2.50 bits per heavy atom. The van der Waals surface area contributed by atoms with E-state index in [1.165, 1.54) is 0 Å². The van der Waals surface area contributed by atoms with Crippen molar-refractivity contribution in [2.75, 3.05) is 36.0 Å². The predicted molar refractivity (Wildman–Crippen MR) is 91.5 cm³/mol. The molecular weight excluding hydrogens is 304 g/mol. The topological polar surface area (TPSA) is 75.3 Å².